The van der Waals surface area contributed by atoms with Crippen LogP contribution in [0, 0.1) is 0 Å². The Bertz CT molecular complexity index is 1070. The summed E-state index contributed by atoms with van der Waals surface area (Å²) in [6.45, 7) is 8.70. The summed E-state index contributed by atoms with van der Waals surface area (Å²) in [5, 5.41) is 5.33. The number of carbonyl (C=O) groups excluding carboxylic acids is 4. The predicted octanol–water partition coefficient (Wildman–Crippen LogP) is 2.57. The first kappa shape index (κ1) is 36.5. The topological polar surface area (TPSA) is 151 Å². The average molecular weight is 636 g/mol. The third-order valence-electron chi connectivity index (χ3n) is 7.28. The second-order valence-corrected chi connectivity index (χ2v) is 10.7. The van der Waals surface area contributed by atoms with E-state index >= 15 is 0 Å². The summed E-state index contributed by atoms with van der Waals surface area (Å²) in [7, 11) is 0. The van der Waals surface area contributed by atoms with Crippen LogP contribution < -0.4 is 10.6 Å². The van der Waals surface area contributed by atoms with E-state index in [2.05, 4.69) is 17.6 Å². The van der Waals surface area contributed by atoms with Crippen molar-refractivity contribution in [3.8, 4) is 0 Å². The molecule has 0 aromatic heterocycles. The number of nitrogens with one attached hydrogen (secondary N) is 2. The molecule has 0 radical (unpaired) electrons. The third kappa shape index (κ3) is 12.8. The smallest absolute Gasteiger partial charge is 0.264 e. The molecule has 45 heavy (non-hydrogen) atoms. The molecule has 13 heteroatoms. The van der Waals surface area contributed by atoms with Gasteiger partial charge < -0.3 is 33.7 Å². The molecule has 1 saturated heterocycles. The average Bonchev–Trinajstić information content (AvgIpc) is 3.29. The van der Waals surface area contributed by atoms with Crippen LogP contribution in [0.4, 0.5) is 5.69 Å². The summed E-state index contributed by atoms with van der Waals surface area (Å²) in [5.74, 6) is -2.14. The molecule has 1 aromatic rings. The van der Waals surface area contributed by atoms with Gasteiger partial charge in [0.15, 0.2) is 0 Å². The molecular weight excluding hydrogens is 586 g/mol. The van der Waals surface area contributed by atoms with Gasteiger partial charge in [0, 0.05) is 25.3 Å². The monoisotopic (exact) mass is 635 g/mol. The Morgan fingerprint density at radius 1 is 0.711 bits per heavy atom. The summed E-state index contributed by atoms with van der Waals surface area (Å²) < 4.78 is 33.1. The van der Waals surface area contributed by atoms with Crippen molar-refractivity contribution in [2.75, 3.05) is 91.1 Å². The zero-order valence-electron chi connectivity index (χ0n) is 26.5. The van der Waals surface area contributed by atoms with Crippen molar-refractivity contribution >= 4 is 29.3 Å². The number of carbonyl (C=O) groups is 4. The van der Waals surface area contributed by atoms with Gasteiger partial charge in [-0.05, 0) is 25.0 Å². The van der Waals surface area contributed by atoms with Crippen LogP contribution in [0.3, 0.4) is 0 Å². The number of rotatable bonds is 26. The fourth-order valence-corrected chi connectivity index (χ4v) is 4.93. The molecule has 1 aromatic carbocycles. The minimum absolute atomic E-state index is 0.0741. The highest BCUT2D eigenvalue weighted by atomic mass is 16.6. The van der Waals surface area contributed by atoms with Gasteiger partial charge in [-0.3, -0.25) is 29.4 Å². The maximum atomic E-state index is 13.1. The van der Waals surface area contributed by atoms with Crippen molar-refractivity contribution in [3.63, 3.8) is 0 Å². The van der Waals surface area contributed by atoms with Crippen LogP contribution in [0.5, 0.6) is 0 Å². The number of imide groups is 2. The van der Waals surface area contributed by atoms with E-state index in [1.54, 1.807) is 18.2 Å². The van der Waals surface area contributed by atoms with Gasteiger partial charge in [0.05, 0.1) is 83.8 Å². The standard InChI is InChI=1S/C32H49N3O10/c1-2-3-4-5-6-13-40-15-17-42-19-21-44-23-24-45-22-20-43-18-16-41-14-12-33-26-9-7-8-25-29(26)32(39)35(31(25)38)27-10-11-28(36)34-30(27)37/h7-9,27,33H,2-6,10-24H2,1H3,(H,34,36,37). The molecule has 0 aliphatic carbocycles. The van der Waals surface area contributed by atoms with E-state index in [4.69, 9.17) is 28.4 Å². The number of ether oxygens (including phenoxy) is 6. The number of piperidine rings is 1. The Morgan fingerprint density at radius 3 is 1.84 bits per heavy atom. The van der Waals surface area contributed by atoms with E-state index in [-0.39, 0.29) is 24.0 Å². The van der Waals surface area contributed by atoms with E-state index < -0.39 is 29.7 Å². The number of nitrogens with zero attached hydrogens (tertiary/aromatic N) is 1. The highest BCUT2D eigenvalue weighted by molar-refractivity contribution is 6.25. The number of anilines is 1. The maximum absolute atomic E-state index is 13.1. The van der Waals surface area contributed by atoms with Crippen molar-refractivity contribution in [1.82, 2.24) is 10.2 Å². The van der Waals surface area contributed by atoms with Crippen LogP contribution in [-0.4, -0.2) is 120 Å². The molecule has 1 unspecified atom stereocenters. The number of hydrogen-bond donors (Lipinski definition) is 2. The molecule has 0 saturated carbocycles. The molecule has 4 amide bonds. The zero-order chi connectivity index (χ0) is 32.1. The van der Waals surface area contributed by atoms with E-state index in [0.717, 1.165) is 17.9 Å². The first-order valence-corrected chi connectivity index (χ1v) is 16.1. The Morgan fingerprint density at radius 2 is 1.27 bits per heavy atom. The van der Waals surface area contributed by atoms with Crippen molar-refractivity contribution in [1.29, 1.82) is 0 Å². The number of benzene rings is 1. The maximum Gasteiger partial charge on any atom is 0.264 e. The van der Waals surface area contributed by atoms with E-state index in [1.165, 1.54) is 25.7 Å². The summed E-state index contributed by atoms with van der Waals surface area (Å²) >= 11 is 0. The van der Waals surface area contributed by atoms with Gasteiger partial charge >= 0.3 is 0 Å². The van der Waals surface area contributed by atoms with Crippen molar-refractivity contribution in [2.45, 2.75) is 57.9 Å². The fraction of sp³-hybridized carbons (Fsp3) is 0.688. The number of amides is 4. The Labute approximate surface area is 265 Å². The van der Waals surface area contributed by atoms with Gasteiger partial charge in [0.2, 0.25) is 11.8 Å². The van der Waals surface area contributed by atoms with Gasteiger partial charge in [-0.2, -0.15) is 0 Å². The lowest BCUT2D eigenvalue weighted by Gasteiger charge is -2.27. The molecular formula is C32H49N3O10. The molecule has 3 rings (SSSR count). The highest BCUT2D eigenvalue weighted by Crippen LogP contribution is 2.32. The first-order chi connectivity index (χ1) is 22.0. The SMILES string of the molecule is CCCCCCCOCCOCCOCCOCCOCCOCCNc1cccc2c1C(=O)N(C1CCC(=O)NC1=O)C2=O. The van der Waals surface area contributed by atoms with Gasteiger partial charge in [0.25, 0.3) is 11.8 Å². The van der Waals surface area contributed by atoms with E-state index in [1.807, 2.05) is 0 Å². The molecule has 2 aliphatic rings. The first-order valence-electron chi connectivity index (χ1n) is 16.1. The molecule has 1 fully saturated rings. The molecule has 2 aliphatic heterocycles. The minimum Gasteiger partial charge on any atom is -0.382 e. The van der Waals surface area contributed by atoms with Crippen LogP contribution >= 0.6 is 0 Å². The summed E-state index contributed by atoms with van der Waals surface area (Å²) in [5.41, 5.74) is 0.938. The van der Waals surface area contributed by atoms with E-state index in [0.29, 0.717) is 84.9 Å². The molecule has 2 heterocycles. The summed E-state index contributed by atoms with van der Waals surface area (Å²) in [4.78, 5) is 50.7. The van der Waals surface area contributed by atoms with Crippen molar-refractivity contribution < 1.29 is 47.6 Å². The second-order valence-electron chi connectivity index (χ2n) is 10.7. The normalized spacial score (nSPS) is 16.4. The van der Waals surface area contributed by atoms with Crippen LogP contribution in [0.1, 0.15) is 72.6 Å². The molecule has 13 nitrogen and oxygen atoms in total. The predicted molar refractivity (Wildman–Crippen MR) is 165 cm³/mol. The second kappa shape index (κ2) is 21.7. The van der Waals surface area contributed by atoms with Crippen molar-refractivity contribution in [3.05, 3.63) is 29.3 Å². The van der Waals surface area contributed by atoms with Crippen molar-refractivity contribution in [2.24, 2.45) is 0 Å². The molecule has 252 valence electrons. The molecule has 0 bridgehead atoms. The van der Waals surface area contributed by atoms with Crippen LogP contribution in [-0.2, 0) is 38.0 Å². The number of hydrogen-bond acceptors (Lipinski definition) is 11. The largest absolute Gasteiger partial charge is 0.382 e. The molecule has 1 atom stereocenters. The molecule has 2 N–H and O–H groups in total. The molecule has 0 spiro atoms. The van der Waals surface area contributed by atoms with Crippen LogP contribution in [0.2, 0.25) is 0 Å². The lowest BCUT2D eigenvalue weighted by atomic mass is 10.0. The Balaban J connectivity index is 1.12. The lowest BCUT2D eigenvalue weighted by Crippen LogP contribution is -2.54. The Kier molecular flexibility index (Phi) is 17.6. The van der Waals surface area contributed by atoms with Gasteiger partial charge in [-0.1, -0.05) is 38.7 Å². The number of unbranched alkanes of at least 4 members (excludes halogenated alkanes) is 4. The highest BCUT2D eigenvalue weighted by Gasteiger charge is 2.45. The van der Waals surface area contributed by atoms with Crippen LogP contribution in [0.25, 0.3) is 0 Å². The lowest BCUT2D eigenvalue weighted by molar-refractivity contribution is -0.136. The summed E-state index contributed by atoms with van der Waals surface area (Å²) in [6, 6.07) is 3.93. The van der Waals surface area contributed by atoms with Gasteiger partial charge in [-0.15, -0.1) is 0 Å². The third-order valence-corrected chi connectivity index (χ3v) is 7.28. The van der Waals surface area contributed by atoms with E-state index in [9.17, 15) is 19.2 Å². The van der Waals surface area contributed by atoms with Gasteiger partial charge in [-0.25, -0.2) is 0 Å². The zero-order valence-corrected chi connectivity index (χ0v) is 26.5. The quantitative estimate of drug-likeness (QED) is 0.114. The fourth-order valence-electron chi connectivity index (χ4n) is 4.93. The Hall–Kier alpha value is -2.94. The van der Waals surface area contributed by atoms with Gasteiger partial charge in [0.1, 0.15) is 6.04 Å². The number of fused-ring (bicyclic) bond motifs is 1. The summed E-state index contributed by atoms with van der Waals surface area (Å²) in [6.07, 6.45) is 6.38. The minimum atomic E-state index is -1.000. The van der Waals surface area contributed by atoms with Crippen LogP contribution in [0.15, 0.2) is 18.2 Å².